The van der Waals surface area contributed by atoms with Crippen molar-refractivity contribution >= 4 is 17.3 Å². The van der Waals surface area contributed by atoms with Crippen LogP contribution < -0.4 is 19.5 Å². The smallest absolute Gasteiger partial charge is 0.312 e. The Morgan fingerprint density at radius 2 is 1.71 bits per heavy atom. The molecule has 0 aliphatic rings. The molecule has 0 aliphatic heterocycles. The van der Waals surface area contributed by atoms with Gasteiger partial charge >= 0.3 is 5.69 Å². The molecule has 1 aromatic heterocycles. The third-order valence-electron chi connectivity index (χ3n) is 5.23. The Labute approximate surface area is 204 Å². The number of carbonyl (C=O) groups excluding carboxylic acids is 1. The molecule has 3 rings (SSSR count). The molecule has 186 valence electrons. The van der Waals surface area contributed by atoms with E-state index < -0.39 is 4.92 Å². The molecule has 2 aromatic carbocycles. The maximum atomic E-state index is 12.3. The number of amides is 1. The van der Waals surface area contributed by atoms with E-state index in [1.165, 1.54) is 4.68 Å². The summed E-state index contributed by atoms with van der Waals surface area (Å²) in [6.07, 6.45) is 0.136. The zero-order valence-electron chi connectivity index (χ0n) is 20.4. The third kappa shape index (κ3) is 6.72. The van der Waals surface area contributed by atoms with Gasteiger partial charge in [0.15, 0.2) is 11.5 Å². The fourth-order valence-corrected chi connectivity index (χ4v) is 3.59. The number of anilines is 1. The van der Waals surface area contributed by atoms with Crippen LogP contribution in [0, 0.1) is 24.0 Å². The number of hydrogen-bond acceptors (Lipinski definition) is 7. The van der Waals surface area contributed by atoms with E-state index in [1.807, 2.05) is 32.0 Å². The number of aryl methyl sites for hydroxylation is 2. The van der Waals surface area contributed by atoms with Gasteiger partial charge in [-0.05, 0) is 69.7 Å². The largest absolute Gasteiger partial charge is 0.490 e. The first-order chi connectivity index (χ1) is 16.8. The summed E-state index contributed by atoms with van der Waals surface area (Å²) in [4.78, 5) is 23.0. The Hall–Kier alpha value is -4.08. The number of hydrogen-bond donors (Lipinski definition) is 1. The van der Waals surface area contributed by atoms with E-state index >= 15 is 0 Å². The van der Waals surface area contributed by atoms with E-state index in [9.17, 15) is 14.9 Å². The molecule has 0 atom stereocenters. The standard InChI is InChI=1S/C25H30N4O6/c1-5-33-22-12-7-19(15-23(22)34-6-2)16-35-21-10-8-20(9-11-21)26-24(30)13-14-28-18(4)25(29(31)32)17(3)27-28/h7-12,15H,5-6,13-14,16H2,1-4H3,(H,26,30). The molecule has 0 spiro atoms. The van der Waals surface area contributed by atoms with Gasteiger partial charge in [0.05, 0.1) is 24.7 Å². The van der Waals surface area contributed by atoms with Crippen LogP contribution in [-0.2, 0) is 17.9 Å². The van der Waals surface area contributed by atoms with Crippen molar-refractivity contribution in [2.45, 2.75) is 47.3 Å². The number of rotatable bonds is 12. The van der Waals surface area contributed by atoms with Crippen molar-refractivity contribution < 1.29 is 23.9 Å². The first-order valence-electron chi connectivity index (χ1n) is 11.4. The molecule has 3 aromatic rings. The summed E-state index contributed by atoms with van der Waals surface area (Å²) in [6.45, 7) is 8.76. The second-order valence-electron chi connectivity index (χ2n) is 7.76. The number of nitrogens with zero attached hydrogens (tertiary/aromatic N) is 3. The molecule has 0 aliphatic carbocycles. The highest BCUT2D eigenvalue weighted by molar-refractivity contribution is 5.90. The Balaban J connectivity index is 1.52. The summed E-state index contributed by atoms with van der Waals surface area (Å²) in [6, 6.07) is 12.8. The van der Waals surface area contributed by atoms with Crippen molar-refractivity contribution in [2.24, 2.45) is 0 Å². The quantitative estimate of drug-likeness (QED) is 0.291. The minimum atomic E-state index is -0.453. The maximum absolute atomic E-state index is 12.3. The van der Waals surface area contributed by atoms with Crippen molar-refractivity contribution in [3.05, 3.63) is 69.5 Å². The van der Waals surface area contributed by atoms with Crippen LogP contribution in [0.3, 0.4) is 0 Å². The van der Waals surface area contributed by atoms with E-state index in [1.54, 1.807) is 38.1 Å². The van der Waals surface area contributed by atoms with E-state index in [2.05, 4.69) is 10.4 Å². The zero-order chi connectivity index (χ0) is 25.4. The first-order valence-corrected chi connectivity index (χ1v) is 11.4. The summed E-state index contributed by atoms with van der Waals surface area (Å²) in [5.41, 5.74) is 2.32. The Morgan fingerprint density at radius 1 is 1.03 bits per heavy atom. The van der Waals surface area contributed by atoms with Crippen LogP contribution in [0.15, 0.2) is 42.5 Å². The van der Waals surface area contributed by atoms with Gasteiger partial charge in [-0.25, -0.2) is 0 Å². The van der Waals surface area contributed by atoms with Crippen LogP contribution in [0.2, 0.25) is 0 Å². The minimum absolute atomic E-state index is 0.0136. The normalized spacial score (nSPS) is 10.6. The van der Waals surface area contributed by atoms with Crippen LogP contribution in [0.25, 0.3) is 0 Å². The van der Waals surface area contributed by atoms with Crippen LogP contribution in [-0.4, -0.2) is 33.8 Å². The summed E-state index contributed by atoms with van der Waals surface area (Å²) < 4.78 is 18.6. The van der Waals surface area contributed by atoms with Crippen LogP contribution in [0.5, 0.6) is 17.2 Å². The Bertz CT molecular complexity index is 1170. The van der Waals surface area contributed by atoms with E-state index in [0.717, 1.165) is 5.56 Å². The number of nitrogens with one attached hydrogen (secondary N) is 1. The van der Waals surface area contributed by atoms with Gasteiger partial charge in [0, 0.05) is 12.1 Å². The predicted molar refractivity (Wildman–Crippen MR) is 131 cm³/mol. The number of benzene rings is 2. The highest BCUT2D eigenvalue weighted by Gasteiger charge is 2.21. The average molecular weight is 483 g/mol. The fourth-order valence-electron chi connectivity index (χ4n) is 3.59. The van der Waals surface area contributed by atoms with E-state index in [4.69, 9.17) is 14.2 Å². The molecule has 1 amide bonds. The molecular formula is C25H30N4O6. The molecule has 0 unspecified atom stereocenters. The molecule has 10 heteroatoms. The van der Waals surface area contributed by atoms with Crippen molar-refractivity contribution in [1.82, 2.24) is 9.78 Å². The summed E-state index contributed by atoms with van der Waals surface area (Å²) in [5.74, 6) is 1.83. The lowest BCUT2D eigenvalue weighted by atomic mass is 10.2. The minimum Gasteiger partial charge on any atom is -0.490 e. The maximum Gasteiger partial charge on any atom is 0.312 e. The molecule has 10 nitrogen and oxygen atoms in total. The third-order valence-corrected chi connectivity index (χ3v) is 5.23. The molecule has 0 fully saturated rings. The second kappa shape index (κ2) is 11.9. The van der Waals surface area contributed by atoms with Gasteiger partial charge in [-0.3, -0.25) is 19.6 Å². The molecule has 35 heavy (non-hydrogen) atoms. The van der Waals surface area contributed by atoms with Crippen molar-refractivity contribution in [1.29, 1.82) is 0 Å². The topological polar surface area (TPSA) is 118 Å². The predicted octanol–water partition coefficient (Wildman–Crippen LogP) is 4.81. The van der Waals surface area contributed by atoms with Gasteiger partial charge in [-0.15, -0.1) is 0 Å². The Kier molecular flexibility index (Phi) is 8.66. The summed E-state index contributed by atoms with van der Waals surface area (Å²) >= 11 is 0. The van der Waals surface area contributed by atoms with Crippen LogP contribution in [0.1, 0.15) is 37.2 Å². The van der Waals surface area contributed by atoms with E-state index in [-0.39, 0.29) is 24.6 Å². The summed E-state index contributed by atoms with van der Waals surface area (Å²) in [7, 11) is 0. The van der Waals surface area contributed by atoms with Gasteiger partial charge in [-0.2, -0.15) is 5.10 Å². The zero-order valence-corrected chi connectivity index (χ0v) is 20.4. The molecule has 0 saturated heterocycles. The second-order valence-corrected chi connectivity index (χ2v) is 7.76. The molecule has 0 bridgehead atoms. The Morgan fingerprint density at radius 3 is 2.34 bits per heavy atom. The highest BCUT2D eigenvalue weighted by atomic mass is 16.6. The lowest BCUT2D eigenvalue weighted by Crippen LogP contribution is -2.15. The van der Waals surface area contributed by atoms with Gasteiger partial charge in [0.25, 0.3) is 0 Å². The fraction of sp³-hybridized carbons (Fsp3) is 0.360. The number of carbonyl (C=O) groups is 1. The molecule has 0 saturated carbocycles. The molecule has 1 heterocycles. The monoisotopic (exact) mass is 482 g/mol. The molecule has 0 radical (unpaired) electrons. The molecular weight excluding hydrogens is 452 g/mol. The number of ether oxygens (including phenoxy) is 3. The van der Waals surface area contributed by atoms with Gasteiger partial charge < -0.3 is 19.5 Å². The first kappa shape index (κ1) is 25.5. The number of nitro groups is 1. The van der Waals surface area contributed by atoms with Gasteiger partial charge in [-0.1, -0.05) is 6.07 Å². The lowest BCUT2D eigenvalue weighted by molar-refractivity contribution is -0.386. The lowest BCUT2D eigenvalue weighted by Gasteiger charge is -2.13. The van der Waals surface area contributed by atoms with Crippen molar-refractivity contribution in [3.63, 3.8) is 0 Å². The van der Waals surface area contributed by atoms with Crippen molar-refractivity contribution in [3.8, 4) is 17.2 Å². The average Bonchev–Trinajstić information content (AvgIpc) is 3.12. The van der Waals surface area contributed by atoms with Gasteiger partial charge in [0.2, 0.25) is 5.91 Å². The SMILES string of the molecule is CCOc1ccc(COc2ccc(NC(=O)CCn3nc(C)c([N+](=O)[O-])c3C)cc2)cc1OCC. The van der Waals surface area contributed by atoms with Crippen LogP contribution in [0.4, 0.5) is 11.4 Å². The van der Waals surface area contributed by atoms with E-state index in [0.29, 0.717) is 54.1 Å². The molecule has 1 N–H and O–H groups in total. The van der Waals surface area contributed by atoms with Gasteiger partial charge in [0.1, 0.15) is 23.7 Å². The number of aromatic nitrogens is 2. The van der Waals surface area contributed by atoms with Crippen LogP contribution >= 0.6 is 0 Å². The highest BCUT2D eigenvalue weighted by Crippen LogP contribution is 2.29. The summed E-state index contributed by atoms with van der Waals surface area (Å²) in [5, 5.41) is 18.1. The van der Waals surface area contributed by atoms with Crippen molar-refractivity contribution in [2.75, 3.05) is 18.5 Å².